The smallest absolute Gasteiger partial charge is 0.123 e. The highest BCUT2D eigenvalue weighted by atomic mass is 16.3. The minimum atomic E-state index is 0.267. The van der Waals surface area contributed by atoms with Crippen molar-refractivity contribution in [2.75, 3.05) is 0 Å². The third kappa shape index (κ3) is 1.61. The molecule has 0 amide bonds. The first-order chi connectivity index (χ1) is 8.36. The maximum atomic E-state index is 9.88. The third-order valence-corrected chi connectivity index (χ3v) is 2.74. The van der Waals surface area contributed by atoms with Crippen LogP contribution in [0.1, 0.15) is 0 Å². The zero-order valence-electron chi connectivity index (χ0n) is 9.04. The van der Waals surface area contributed by atoms with E-state index in [9.17, 15) is 5.11 Å². The quantitative estimate of drug-likeness (QED) is 0.688. The molecule has 0 bridgehead atoms. The number of nitrogens with zero attached hydrogens (tertiary/aromatic N) is 2. The number of aromatic nitrogens is 2. The summed E-state index contributed by atoms with van der Waals surface area (Å²) in [5.41, 5.74) is 2.62. The summed E-state index contributed by atoms with van der Waals surface area (Å²) in [6.45, 7) is 0. The molecule has 0 saturated heterocycles. The van der Waals surface area contributed by atoms with Gasteiger partial charge in [-0.15, -0.1) is 0 Å². The van der Waals surface area contributed by atoms with E-state index in [1.54, 1.807) is 18.3 Å². The fraction of sp³-hybridized carbons (Fsp3) is 0. The van der Waals surface area contributed by atoms with Crippen LogP contribution in [0.5, 0.6) is 5.75 Å². The van der Waals surface area contributed by atoms with Crippen molar-refractivity contribution >= 4 is 10.9 Å². The minimum Gasteiger partial charge on any atom is -0.507 e. The van der Waals surface area contributed by atoms with Crippen molar-refractivity contribution in [1.82, 2.24) is 9.97 Å². The van der Waals surface area contributed by atoms with E-state index in [4.69, 9.17) is 0 Å². The van der Waals surface area contributed by atoms with E-state index in [1.807, 2.05) is 30.3 Å². The van der Waals surface area contributed by atoms with Gasteiger partial charge in [0.2, 0.25) is 0 Å². The second-order valence-corrected chi connectivity index (χ2v) is 3.78. The molecule has 3 nitrogen and oxygen atoms in total. The van der Waals surface area contributed by atoms with Crippen molar-refractivity contribution in [1.29, 1.82) is 0 Å². The molecule has 3 aromatic rings. The number of hydrogen-bond acceptors (Lipinski definition) is 3. The monoisotopic (exact) mass is 222 g/mol. The van der Waals surface area contributed by atoms with Crippen LogP contribution in [0.4, 0.5) is 0 Å². The van der Waals surface area contributed by atoms with Gasteiger partial charge >= 0.3 is 0 Å². The fourth-order valence-electron chi connectivity index (χ4n) is 1.94. The molecule has 0 atom stereocenters. The van der Waals surface area contributed by atoms with E-state index in [0.717, 1.165) is 22.0 Å². The van der Waals surface area contributed by atoms with Crippen LogP contribution < -0.4 is 0 Å². The van der Waals surface area contributed by atoms with Crippen molar-refractivity contribution in [2.45, 2.75) is 0 Å². The molecule has 1 heterocycles. The molecule has 1 N–H and O–H groups in total. The molecular weight excluding hydrogens is 212 g/mol. The summed E-state index contributed by atoms with van der Waals surface area (Å²) in [6.07, 6.45) is 3.29. The summed E-state index contributed by atoms with van der Waals surface area (Å²) < 4.78 is 0. The Morgan fingerprint density at radius 3 is 2.59 bits per heavy atom. The van der Waals surface area contributed by atoms with E-state index in [-0.39, 0.29) is 5.75 Å². The van der Waals surface area contributed by atoms with Crippen LogP contribution in [0.2, 0.25) is 0 Å². The summed E-state index contributed by atoms with van der Waals surface area (Å²) >= 11 is 0. The Kier molecular flexibility index (Phi) is 2.22. The lowest BCUT2D eigenvalue weighted by Crippen LogP contribution is -1.85. The number of benzene rings is 2. The van der Waals surface area contributed by atoms with E-state index in [2.05, 4.69) is 9.97 Å². The van der Waals surface area contributed by atoms with Crippen LogP contribution in [-0.2, 0) is 0 Å². The van der Waals surface area contributed by atoms with Crippen molar-refractivity contribution in [2.24, 2.45) is 0 Å². The fourth-order valence-corrected chi connectivity index (χ4v) is 1.94. The lowest BCUT2D eigenvalue weighted by molar-refractivity contribution is 0.477. The molecule has 82 valence electrons. The average Bonchev–Trinajstić information content (AvgIpc) is 2.39. The molecule has 0 unspecified atom stereocenters. The van der Waals surface area contributed by atoms with Crippen LogP contribution in [0.3, 0.4) is 0 Å². The number of phenols is 1. The second-order valence-electron chi connectivity index (χ2n) is 3.78. The van der Waals surface area contributed by atoms with Gasteiger partial charge in [-0.05, 0) is 17.7 Å². The van der Waals surface area contributed by atoms with E-state index in [0.29, 0.717) is 0 Å². The predicted molar refractivity (Wildman–Crippen MR) is 66.6 cm³/mol. The lowest BCUT2D eigenvalue weighted by atomic mass is 10.0. The summed E-state index contributed by atoms with van der Waals surface area (Å²) in [6, 6.07) is 13.1. The van der Waals surface area contributed by atoms with Crippen LogP contribution in [0, 0.1) is 0 Å². The number of hydrogen-bond donors (Lipinski definition) is 1. The molecule has 0 aliphatic heterocycles. The van der Waals surface area contributed by atoms with E-state index in [1.165, 1.54) is 6.33 Å². The molecule has 0 saturated carbocycles. The number of phenolic OH excluding ortho intramolecular Hbond substituents is 1. The van der Waals surface area contributed by atoms with Gasteiger partial charge in [-0.3, -0.25) is 0 Å². The third-order valence-electron chi connectivity index (χ3n) is 2.74. The van der Waals surface area contributed by atoms with Gasteiger partial charge in [0.15, 0.2) is 0 Å². The first kappa shape index (κ1) is 9.78. The van der Waals surface area contributed by atoms with Gasteiger partial charge < -0.3 is 5.11 Å². The van der Waals surface area contributed by atoms with Gasteiger partial charge in [-0.2, -0.15) is 0 Å². The highest BCUT2D eigenvalue weighted by Gasteiger charge is 2.07. The van der Waals surface area contributed by atoms with E-state index < -0.39 is 0 Å². The summed E-state index contributed by atoms with van der Waals surface area (Å²) in [5.74, 6) is 0.267. The topological polar surface area (TPSA) is 46.0 Å². The van der Waals surface area contributed by atoms with Gasteiger partial charge in [0.05, 0.1) is 5.52 Å². The van der Waals surface area contributed by atoms with E-state index >= 15 is 0 Å². The zero-order chi connectivity index (χ0) is 11.7. The number of aromatic hydroxyl groups is 1. The SMILES string of the molecule is Oc1ccccc1-c1cccc2ncncc12. The Bertz CT molecular complexity index is 674. The van der Waals surface area contributed by atoms with Crippen molar-refractivity contribution in [3.63, 3.8) is 0 Å². The highest BCUT2D eigenvalue weighted by molar-refractivity contribution is 5.95. The molecule has 0 fully saturated rings. The second kappa shape index (κ2) is 3.87. The Morgan fingerprint density at radius 1 is 0.882 bits per heavy atom. The molecule has 0 radical (unpaired) electrons. The van der Waals surface area contributed by atoms with Gasteiger partial charge in [-0.25, -0.2) is 9.97 Å². The normalized spacial score (nSPS) is 10.6. The van der Waals surface area contributed by atoms with Crippen LogP contribution >= 0.6 is 0 Å². The van der Waals surface area contributed by atoms with Crippen molar-refractivity contribution in [3.8, 4) is 16.9 Å². The minimum absolute atomic E-state index is 0.267. The Balaban J connectivity index is 2.35. The summed E-state index contributed by atoms with van der Waals surface area (Å²) in [7, 11) is 0. The molecule has 1 aromatic heterocycles. The Labute approximate surface area is 98.4 Å². The average molecular weight is 222 g/mol. The summed E-state index contributed by atoms with van der Waals surface area (Å²) in [4.78, 5) is 8.24. The van der Waals surface area contributed by atoms with Crippen molar-refractivity contribution < 1.29 is 5.11 Å². The lowest BCUT2D eigenvalue weighted by Gasteiger charge is -2.07. The first-order valence-electron chi connectivity index (χ1n) is 5.33. The van der Waals surface area contributed by atoms with Gasteiger partial charge in [0.25, 0.3) is 0 Å². The predicted octanol–water partition coefficient (Wildman–Crippen LogP) is 3.00. The number of fused-ring (bicyclic) bond motifs is 1. The maximum Gasteiger partial charge on any atom is 0.123 e. The molecule has 3 rings (SSSR count). The van der Waals surface area contributed by atoms with Crippen LogP contribution in [-0.4, -0.2) is 15.1 Å². The van der Waals surface area contributed by atoms with Gasteiger partial charge in [0.1, 0.15) is 12.1 Å². The summed E-state index contributed by atoms with van der Waals surface area (Å²) in [5, 5.41) is 10.8. The van der Waals surface area contributed by atoms with Gasteiger partial charge in [0, 0.05) is 17.1 Å². The molecule has 17 heavy (non-hydrogen) atoms. The Morgan fingerprint density at radius 2 is 1.71 bits per heavy atom. The van der Waals surface area contributed by atoms with Crippen LogP contribution in [0.15, 0.2) is 55.0 Å². The number of para-hydroxylation sites is 1. The molecular formula is C14H10N2O. The Hall–Kier alpha value is -2.42. The molecule has 0 aliphatic carbocycles. The van der Waals surface area contributed by atoms with Crippen molar-refractivity contribution in [3.05, 3.63) is 55.0 Å². The molecule has 3 heteroatoms. The zero-order valence-corrected chi connectivity index (χ0v) is 9.04. The largest absolute Gasteiger partial charge is 0.507 e. The van der Waals surface area contributed by atoms with Crippen LogP contribution in [0.25, 0.3) is 22.0 Å². The first-order valence-corrected chi connectivity index (χ1v) is 5.33. The molecule has 0 aliphatic rings. The maximum absolute atomic E-state index is 9.88. The molecule has 2 aromatic carbocycles. The standard InChI is InChI=1S/C14H10N2O/c17-14-7-2-1-4-11(14)10-5-3-6-13-12(10)8-15-9-16-13/h1-9,17H. The molecule has 0 spiro atoms. The number of rotatable bonds is 1. The van der Waals surface area contributed by atoms with Gasteiger partial charge in [-0.1, -0.05) is 30.3 Å². The highest BCUT2D eigenvalue weighted by Crippen LogP contribution is 2.32.